The summed E-state index contributed by atoms with van der Waals surface area (Å²) in [7, 11) is -3.51. The molecule has 152 valence electrons. The van der Waals surface area contributed by atoms with Crippen molar-refractivity contribution in [3.8, 4) is 0 Å². The molecule has 1 N–H and O–H groups in total. The van der Waals surface area contributed by atoms with Gasteiger partial charge in [0.05, 0.1) is 12.5 Å². The van der Waals surface area contributed by atoms with Gasteiger partial charge in [0.2, 0.25) is 5.91 Å². The average Bonchev–Trinajstić information content (AvgIpc) is 3.13. The maximum atomic E-state index is 13.3. The average molecular weight is 429 g/mol. The summed E-state index contributed by atoms with van der Waals surface area (Å²) in [6, 6.07) is 6.16. The van der Waals surface area contributed by atoms with Crippen LogP contribution in [0.4, 0.5) is 8.78 Å². The number of sulfonamides is 1. The molecule has 0 bridgehead atoms. The molecule has 1 unspecified atom stereocenters. The Balaban J connectivity index is 1.62. The van der Waals surface area contributed by atoms with Crippen molar-refractivity contribution in [1.29, 1.82) is 0 Å². The van der Waals surface area contributed by atoms with E-state index in [1.165, 1.54) is 16.4 Å². The number of hydrogen-bond acceptors (Lipinski definition) is 4. The zero-order chi connectivity index (χ0) is 20.3. The first-order valence-corrected chi connectivity index (χ1v) is 11.4. The van der Waals surface area contributed by atoms with Crippen LogP contribution in [0.25, 0.3) is 0 Å². The highest BCUT2D eigenvalue weighted by molar-refractivity contribution is 7.91. The lowest BCUT2D eigenvalue weighted by molar-refractivity contribution is -0.121. The van der Waals surface area contributed by atoms with E-state index in [1.54, 1.807) is 13.0 Å². The van der Waals surface area contributed by atoms with Crippen LogP contribution >= 0.6 is 11.3 Å². The topological polar surface area (TPSA) is 66.5 Å². The third-order valence-corrected chi connectivity index (χ3v) is 8.15. The van der Waals surface area contributed by atoms with Crippen molar-refractivity contribution in [3.05, 3.63) is 52.4 Å². The Morgan fingerprint density at radius 1 is 1.14 bits per heavy atom. The van der Waals surface area contributed by atoms with Gasteiger partial charge in [0, 0.05) is 18.0 Å². The minimum absolute atomic E-state index is 0.0220. The van der Waals surface area contributed by atoms with Gasteiger partial charge in [-0.15, -0.1) is 11.3 Å². The molecule has 0 spiro atoms. The highest BCUT2D eigenvalue weighted by atomic mass is 32.2. The van der Waals surface area contributed by atoms with Crippen LogP contribution in [0.5, 0.6) is 0 Å². The second-order valence-corrected chi connectivity index (χ2v) is 10.2. The molecule has 1 amide bonds. The molecule has 28 heavy (non-hydrogen) atoms. The number of piperidine rings is 1. The SMILES string of the molecule is CC(NC(=O)Cc1ccc(S(=O)(=O)N2CCCCC2)s1)c1ccc(F)c(F)c1. The number of thiophene rings is 1. The molecule has 3 rings (SSSR count). The largest absolute Gasteiger partial charge is 0.349 e. The smallest absolute Gasteiger partial charge is 0.252 e. The molecule has 1 aromatic carbocycles. The van der Waals surface area contributed by atoms with E-state index in [4.69, 9.17) is 0 Å². The third kappa shape index (κ3) is 4.76. The van der Waals surface area contributed by atoms with E-state index < -0.39 is 27.7 Å². The van der Waals surface area contributed by atoms with E-state index in [2.05, 4.69) is 5.32 Å². The van der Waals surface area contributed by atoms with Gasteiger partial charge in [-0.3, -0.25) is 4.79 Å². The number of benzene rings is 1. The van der Waals surface area contributed by atoms with Crippen molar-refractivity contribution in [3.63, 3.8) is 0 Å². The van der Waals surface area contributed by atoms with Crippen molar-refractivity contribution in [2.75, 3.05) is 13.1 Å². The first kappa shape index (κ1) is 20.9. The molecule has 1 atom stereocenters. The first-order valence-electron chi connectivity index (χ1n) is 9.10. The van der Waals surface area contributed by atoms with E-state index in [0.29, 0.717) is 23.5 Å². The molecule has 1 aliphatic heterocycles. The van der Waals surface area contributed by atoms with E-state index in [0.717, 1.165) is 42.7 Å². The fourth-order valence-electron chi connectivity index (χ4n) is 3.14. The van der Waals surface area contributed by atoms with Crippen molar-refractivity contribution in [2.24, 2.45) is 0 Å². The van der Waals surface area contributed by atoms with Gasteiger partial charge < -0.3 is 5.32 Å². The highest BCUT2D eigenvalue weighted by Crippen LogP contribution is 2.27. The number of halogens is 2. The standard InChI is InChI=1S/C19H22F2N2O3S2/c1-13(14-5-7-16(20)17(21)11-14)22-18(24)12-15-6-8-19(27-15)28(25,26)23-9-3-2-4-10-23/h5-8,11,13H,2-4,9-10,12H2,1H3,(H,22,24). The lowest BCUT2D eigenvalue weighted by Gasteiger charge is -2.25. The summed E-state index contributed by atoms with van der Waals surface area (Å²) < 4.78 is 53.5. The van der Waals surface area contributed by atoms with Crippen LogP contribution in [0.3, 0.4) is 0 Å². The number of amides is 1. The monoisotopic (exact) mass is 428 g/mol. The minimum Gasteiger partial charge on any atom is -0.349 e. The van der Waals surface area contributed by atoms with Gasteiger partial charge in [0.1, 0.15) is 4.21 Å². The summed E-state index contributed by atoms with van der Waals surface area (Å²) in [5.41, 5.74) is 0.451. The lowest BCUT2D eigenvalue weighted by atomic mass is 10.1. The quantitative estimate of drug-likeness (QED) is 0.764. The third-order valence-electron chi connectivity index (χ3n) is 4.70. The molecular weight excluding hydrogens is 406 g/mol. The number of carbonyl (C=O) groups is 1. The van der Waals surface area contributed by atoms with E-state index >= 15 is 0 Å². The minimum atomic E-state index is -3.51. The Morgan fingerprint density at radius 3 is 2.54 bits per heavy atom. The number of nitrogens with zero attached hydrogens (tertiary/aromatic N) is 1. The van der Waals surface area contributed by atoms with Crippen LogP contribution in [0.2, 0.25) is 0 Å². The fraction of sp³-hybridized carbons (Fsp3) is 0.421. The number of nitrogens with one attached hydrogen (secondary N) is 1. The predicted octanol–water partition coefficient (Wildman–Crippen LogP) is 3.62. The molecule has 0 radical (unpaired) electrons. The molecule has 2 heterocycles. The fourth-order valence-corrected chi connectivity index (χ4v) is 6.17. The Bertz CT molecular complexity index is 954. The van der Waals surface area contributed by atoms with E-state index in [1.807, 2.05) is 0 Å². The van der Waals surface area contributed by atoms with Gasteiger partial charge in [-0.1, -0.05) is 12.5 Å². The molecule has 1 saturated heterocycles. The van der Waals surface area contributed by atoms with Crippen molar-refractivity contribution >= 4 is 27.3 Å². The van der Waals surface area contributed by atoms with Crippen LogP contribution in [0, 0.1) is 11.6 Å². The first-order chi connectivity index (χ1) is 13.3. The molecule has 1 aromatic heterocycles. The summed E-state index contributed by atoms with van der Waals surface area (Å²) in [6.07, 6.45) is 2.79. The Morgan fingerprint density at radius 2 is 1.86 bits per heavy atom. The maximum absolute atomic E-state index is 13.3. The Hall–Kier alpha value is -1.84. The van der Waals surface area contributed by atoms with Crippen molar-refractivity contribution in [2.45, 2.75) is 42.9 Å². The van der Waals surface area contributed by atoms with Gasteiger partial charge in [-0.2, -0.15) is 4.31 Å². The van der Waals surface area contributed by atoms with Gasteiger partial charge >= 0.3 is 0 Å². The zero-order valence-electron chi connectivity index (χ0n) is 15.5. The van der Waals surface area contributed by atoms with Crippen LogP contribution in [0.1, 0.15) is 42.7 Å². The second-order valence-electron chi connectivity index (χ2n) is 6.83. The second kappa shape index (κ2) is 8.67. The number of rotatable bonds is 6. The molecule has 9 heteroatoms. The lowest BCUT2D eigenvalue weighted by Crippen LogP contribution is -2.35. The summed E-state index contributed by atoms with van der Waals surface area (Å²) in [5, 5.41) is 2.72. The van der Waals surface area contributed by atoms with E-state index in [9.17, 15) is 22.0 Å². The molecule has 1 fully saturated rings. The van der Waals surface area contributed by atoms with Crippen molar-refractivity contribution < 1.29 is 22.0 Å². The molecule has 5 nitrogen and oxygen atoms in total. The van der Waals surface area contributed by atoms with Gasteiger partial charge in [0.15, 0.2) is 11.6 Å². The zero-order valence-corrected chi connectivity index (χ0v) is 17.1. The predicted molar refractivity (Wildman–Crippen MR) is 104 cm³/mol. The maximum Gasteiger partial charge on any atom is 0.252 e. The van der Waals surface area contributed by atoms with Crippen LogP contribution < -0.4 is 5.32 Å². The molecule has 0 aliphatic carbocycles. The van der Waals surface area contributed by atoms with Crippen LogP contribution in [-0.2, 0) is 21.2 Å². The summed E-state index contributed by atoms with van der Waals surface area (Å²) in [4.78, 5) is 12.9. The Labute approximate surface area is 167 Å². The van der Waals surface area contributed by atoms with Crippen LogP contribution in [0.15, 0.2) is 34.5 Å². The Kier molecular flexibility index (Phi) is 6.47. The summed E-state index contributed by atoms with van der Waals surface area (Å²) >= 11 is 1.09. The molecule has 2 aromatic rings. The van der Waals surface area contributed by atoms with Gasteiger partial charge in [0.25, 0.3) is 10.0 Å². The number of carbonyl (C=O) groups excluding carboxylic acids is 1. The molecule has 1 aliphatic rings. The summed E-state index contributed by atoms with van der Waals surface area (Å²) in [5.74, 6) is -2.23. The van der Waals surface area contributed by atoms with Crippen molar-refractivity contribution in [1.82, 2.24) is 9.62 Å². The highest BCUT2D eigenvalue weighted by Gasteiger charge is 2.27. The molecule has 0 saturated carbocycles. The normalized spacial score (nSPS) is 16.7. The summed E-state index contributed by atoms with van der Waals surface area (Å²) in [6.45, 7) is 2.73. The van der Waals surface area contributed by atoms with Crippen LogP contribution in [-0.4, -0.2) is 31.7 Å². The van der Waals surface area contributed by atoms with Gasteiger partial charge in [-0.25, -0.2) is 17.2 Å². The number of hydrogen-bond donors (Lipinski definition) is 1. The van der Waals surface area contributed by atoms with Gasteiger partial charge in [-0.05, 0) is 49.6 Å². The van der Waals surface area contributed by atoms with E-state index in [-0.39, 0.29) is 16.5 Å². The molecular formula is C19H22F2N2O3S2.